The Balaban J connectivity index is 4.70. The molecule has 0 aliphatic carbocycles. The van der Waals surface area contributed by atoms with Crippen molar-refractivity contribution in [2.24, 2.45) is 11.7 Å². The summed E-state index contributed by atoms with van der Waals surface area (Å²) in [5.74, 6) is -0.120. The van der Waals surface area contributed by atoms with Crippen molar-refractivity contribution in [2.75, 3.05) is 26.7 Å². The maximum Gasteiger partial charge on any atom is 0.281 e. The molecule has 2 N–H and O–H groups in total. The van der Waals surface area contributed by atoms with Crippen LogP contribution in [0.3, 0.4) is 0 Å². The summed E-state index contributed by atoms with van der Waals surface area (Å²) in [5, 5.41) is 0. The topological polar surface area (TPSA) is 66.6 Å². The molecule has 5 nitrogen and oxygen atoms in total. The number of thiocarbonyl (C=S) groups is 1. The molecule has 0 aliphatic rings. The Labute approximate surface area is 104 Å². The van der Waals surface area contributed by atoms with E-state index in [1.54, 1.807) is 7.05 Å². The molecule has 0 heterocycles. The van der Waals surface area contributed by atoms with E-state index in [2.05, 4.69) is 0 Å². The highest BCUT2D eigenvalue weighted by Gasteiger charge is 2.25. The first-order chi connectivity index (χ1) is 7.27. The van der Waals surface area contributed by atoms with E-state index in [-0.39, 0.29) is 5.92 Å². The van der Waals surface area contributed by atoms with Crippen LogP contribution in [-0.2, 0) is 10.2 Å². The molecule has 16 heavy (non-hydrogen) atoms. The van der Waals surface area contributed by atoms with Crippen LogP contribution in [0.25, 0.3) is 0 Å². The van der Waals surface area contributed by atoms with Gasteiger partial charge in [0.05, 0.1) is 4.99 Å². The van der Waals surface area contributed by atoms with Gasteiger partial charge in [0, 0.05) is 32.6 Å². The van der Waals surface area contributed by atoms with E-state index in [1.807, 2.05) is 20.8 Å². The molecule has 1 atom stereocenters. The molecule has 0 fully saturated rings. The maximum atomic E-state index is 12.0. The molecule has 0 amide bonds. The van der Waals surface area contributed by atoms with Crippen molar-refractivity contribution in [2.45, 2.75) is 20.8 Å². The Hall–Kier alpha value is -0.240. The van der Waals surface area contributed by atoms with Gasteiger partial charge in [0.1, 0.15) is 0 Å². The van der Waals surface area contributed by atoms with Crippen molar-refractivity contribution in [3.63, 3.8) is 0 Å². The second kappa shape index (κ2) is 6.48. The molecule has 0 saturated heterocycles. The van der Waals surface area contributed by atoms with Crippen LogP contribution >= 0.6 is 12.2 Å². The van der Waals surface area contributed by atoms with Crippen LogP contribution in [-0.4, -0.2) is 48.7 Å². The van der Waals surface area contributed by atoms with Crippen molar-refractivity contribution in [3.8, 4) is 0 Å². The number of hydrogen-bond donors (Lipinski definition) is 1. The minimum Gasteiger partial charge on any atom is -0.393 e. The quantitative estimate of drug-likeness (QED) is 0.679. The van der Waals surface area contributed by atoms with Crippen LogP contribution in [0.2, 0.25) is 0 Å². The number of nitrogens with two attached hydrogens (primary N) is 1. The van der Waals surface area contributed by atoms with Crippen molar-refractivity contribution >= 4 is 27.4 Å². The van der Waals surface area contributed by atoms with Gasteiger partial charge < -0.3 is 5.73 Å². The van der Waals surface area contributed by atoms with Gasteiger partial charge in [-0.15, -0.1) is 0 Å². The molecule has 0 aromatic rings. The molecule has 0 aliphatic heterocycles. The normalized spacial score (nSPS) is 14.4. The zero-order chi connectivity index (χ0) is 12.9. The molecule has 7 heteroatoms. The van der Waals surface area contributed by atoms with Gasteiger partial charge in [-0.2, -0.15) is 17.0 Å². The number of rotatable bonds is 7. The van der Waals surface area contributed by atoms with E-state index in [4.69, 9.17) is 18.0 Å². The minimum atomic E-state index is -3.38. The summed E-state index contributed by atoms with van der Waals surface area (Å²) in [6, 6.07) is 0. The summed E-state index contributed by atoms with van der Waals surface area (Å²) < 4.78 is 26.7. The third-order valence-electron chi connectivity index (χ3n) is 2.44. The standard InChI is InChI=1S/C9H21N3O2S2/c1-5-12(6-2)16(13,14)11(4)7-8(3)9(10)15/h8H,5-7H2,1-4H3,(H2,10,15). The van der Waals surface area contributed by atoms with Gasteiger partial charge in [-0.3, -0.25) is 0 Å². The summed E-state index contributed by atoms with van der Waals surface area (Å²) in [6.45, 7) is 6.68. The third-order valence-corrected chi connectivity index (χ3v) is 4.95. The molecule has 0 radical (unpaired) electrons. The van der Waals surface area contributed by atoms with Gasteiger partial charge in [0.15, 0.2) is 0 Å². The molecule has 0 aromatic carbocycles. The lowest BCUT2D eigenvalue weighted by molar-refractivity contribution is 0.368. The average Bonchev–Trinajstić information content (AvgIpc) is 2.18. The van der Waals surface area contributed by atoms with Gasteiger partial charge in [-0.05, 0) is 0 Å². The van der Waals surface area contributed by atoms with E-state index in [1.165, 1.54) is 8.61 Å². The Kier molecular flexibility index (Phi) is 6.39. The zero-order valence-electron chi connectivity index (χ0n) is 10.3. The maximum absolute atomic E-state index is 12.0. The first-order valence-electron chi connectivity index (χ1n) is 5.28. The molecule has 96 valence electrons. The lowest BCUT2D eigenvalue weighted by Gasteiger charge is -2.27. The third kappa shape index (κ3) is 3.97. The minimum absolute atomic E-state index is 0.120. The van der Waals surface area contributed by atoms with E-state index in [9.17, 15) is 8.42 Å². The number of hydrogen-bond acceptors (Lipinski definition) is 3. The molecule has 0 rings (SSSR count). The highest BCUT2D eigenvalue weighted by molar-refractivity contribution is 7.86. The van der Waals surface area contributed by atoms with Gasteiger partial charge in [-0.1, -0.05) is 33.0 Å². The Morgan fingerprint density at radius 3 is 2.12 bits per heavy atom. The predicted molar refractivity (Wildman–Crippen MR) is 70.4 cm³/mol. The van der Waals surface area contributed by atoms with Crippen molar-refractivity contribution < 1.29 is 8.42 Å². The first kappa shape index (κ1) is 15.8. The van der Waals surface area contributed by atoms with Gasteiger partial charge in [0.25, 0.3) is 10.2 Å². The van der Waals surface area contributed by atoms with Crippen LogP contribution in [0.15, 0.2) is 0 Å². The monoisotopic (exact) mass is 267 g/mol. The summed E-state index contributed by atoms with van der Waals surface area (Å²) in [7, 11) is -1.83. The first-order valence-corrected chi connectivity index (χ1v) is 7.08. The molecule has 0 aromatic heterocycles. The molecular formula is C9H21N3O2S2. The fourth-order valence-electron chi connectivity index (χ4n) is 1.32. The molecular weight excluding hydrogens is 246 g/mol. The molecule has 0 spiro atoms. The molecule has 1 unspecified atom stereocenters. The van der Waals surface area contributed by atoms with Crippen LogP contribution in [0, 0.1) is 5.92 Å². The summed E-state index contributed by atoms with van der Waals surface area (Å²) in [5.41, 5.74) is 5.46. The lowest BCUT2D eigenvalue weighted by Crippen LogP contribution is -2.44. The predicted octanol–water partition coefficient (Wildman–Crippen LogP) is 0.427. The van der Waals surface area contributed by atoms with E-state index >= 15 is 0 Å². The largest absolute Gasteiger partial charge is 0.393 e. The van der Waals surface area contributed by atoms with Crippen LogP contribution in [0.5, 0.6) is 0 Å². The summed E-state index contributed by atoms with van der Waals surface area (Å²) >= 11 is 4.82. The van der Waals surface area contributed by atoms with Gasteiger partial charge in [0.2, 0.25) is 0 Å². The van der Waals surface area contributed by atoms with Crippen molar-refractivity contribution in [1.82, 2.24) is 8.61 Å². The van der Waals surface area contributed by atoms with E-state index in [0.29, 0.717) is 24.6 Å². The zero-order valence-corrected chi connectivity index (χ0v) is 11.9. The van der Waals surface area contributed by atoms with E-state index in [0.717, 1.165) is 0 Å². The Morgan fingerprint density at radius 1 is 1.38 bits per heavy atom. The second-order valence-electron chi connectivity index (χ2n) is 3.68. The Morgan fingerprint density at radius 2 is 1.81 bits per heavy atom. The van der Waals surface area contributed by atoms with Gasteiger partial charge in [-0.25, -0.2) is 0 Å². The van der Waals surface area contributed by atoms with Crippen molar-refractivity contribution in [3.05, 3.63) is 0 Å². The van der Waals surface area contributed by atoms with Gasteiger partial charge >= 0.3 is 0 Å². The lowest BCUT2D eigenvalue weighted by atomic mass is 10.2. The molecule has 0 saturated carbocycles. The van der Waals surface area contributed by atoms with Crippen LogP contribution < -0.4 is 5.73 Å². The Bertz CT molecular complexity index is 326. The van der Waals surface area contributed by atoms with Crippen molar-refractivity contribution in [1.29, 1.82) is 0 Å². The summed E-state index contributed by atoms with van der Waals surface area (Å²) in [6.07, 6.45) is 0. The highest BCUT2D eigenvalue weighted by Crippen LogP contribution is 2.09. The molecule has 0 bridgehead atoms. The van der Waals surface area contributed by atoms with Crippen LogP contribution in [0.1, 0.15) is 20.8 Å². The average molecular weight is 267 g/mol. The fourth-order valence-corrected chi connectivity index (χ4v) is 2.85. The van der Waals surface area contributed by atoms with Crippen LogP contribution in [0.4, 0.5) is 0 Å². The summed E-state index contributed by atoms with van der Waals surface area (Å²) in [4.78, 5) is 0.335. The smallest absolute Gasteiger partial charge is 0.281 e. The highest BCUT2D eigenvalue weighted by atomic mass is 32.2. The fraction of sp³-hybridized carbons (Fsp3) is 0.889. The van der Waals surface area contributed by atoms with E-state index < -0.39 is 10.2 Å². The number of nitrogens with zero attached hydrogens (tertiary/aromatic N) is 2. The second-order valence-corrected chi connectivity index (χ2v) is 6.18. The SMILES string of the molecule is CCN(CC)S(=O)(=O)N(C)CC(C)C(N)=S.